The van der Waals surface area contributed by atoms with Crippen LogP contribution in [0.3, 0.4) is 0 Å². The molecule has 22 heavy (non-hydrogen) atoms. The van der Waals surface area contributed by atoms with Crippen LogP contribution in [0, 0.1) is 0 Å². The number of aliphatic hydroxyl groups excluding tert-OH is 1. The molecule has 2 rings (SSSR count). The van der Waals surface area contributed by atoms with E-state index in [1.54, 1.807) is 24.3 Å². The van der Waals surface area contributed by atoms with Crippen molar-refractivity contribution in [1.29, 1.82) is 0 Å². The van der Waals surface area contributed by atoms with E-state index >= 15 is 0 Å². The Morgan fingerprint density at radius 3 is 2.86 bits per heavy atom. The van der Waals surface area contributed by atoms with Gasteiger partial charge in [-0.15, -0.1) is 11.3 Å². The number of hydrogen-bond donors (Lipinski definition) is 1. The van der Waals surface area contributed by atoms with Gasteiger partial charge in [0.25, 0.3) is 5.91 Å². The van der Waals surface area contributed by atoms with E-state index in [1.165, 1.54) is 11.3 Å². The van der Waals surface area contributed by atoms with Crippen molar-refractivity contribution in [2.24, 2.45) is 0 Å². The zero-order valence-corrected chi connectivity index (χ0v) is 13.7. The van der Waals surface area contributed by atoms with Crippen LogP contribution in [-0.2, 0) is 4.74 Å². The molecule has 1 N–H and O–H groups in total. The average molecular weight is 341 g/mol. The van der Waals surface area contributed by atoms with Gasteiger partial charge in [-0.25, -0.2) is 4.98 Å². The lowest BCUT2D eigenvalue weighted by molar-refractivity contribution is 0.0661. The quantitative estimate of drug-likeness (QED) is 0.841. The summed E-state index contributed by atoms with van der Waals surface area (Å²) < 4.78 is 4.99. The van der Waals surface area contributed by atoms with Crippen LogP contribution in [0.5, 0.6) is 0 Å². The van der Waals surface area contributed by atoms with Crippen molar-refractivity contribution in [2.45, 2.75) is 0 Å². The van der Waals surface area contributed by atoms with Crippen molar-refractivity contribution < 1.29 is 14.6 Å². The number of carbonyl (C=O) groups is 1. The predicted octanol–water partition coefficient (Wildman–Crippen LogP) is 2.54. The third-order valence-corrected chi connectivity index (χ3v) is 4.39. The van der Waals surface area contributed by atoms with E-state index in [1.807, 2.05) is 18.2 Å². The van der Waals surface area contributed by atoms with Crippen LogP contribution in [-0.4, -0.2) is 54.3 Å². The molecule has 0 spiro atoms. The molecule has 0 radical (unpaired) electrons. The molecule has 1 heterocycles. The van der Waals surface area contributed by atoms with Gasteiger partial charge in [-0.3, -0.25) is 4.79 Å². The molecule has 118 valence electrons. The Morgan fingerprint density at radius 2 is 2.18 bits per heavy atom. The van der Waals surface area contributed by atoms with Crippen molar-refractivity contribution in [3.63, 3.8) is 0 Å². The number of ether oxygens (including phenoxy) is 1. The van der Waals surface area contributed by atoms with E-state index in [2.05, 4.69) is 4.98 Å². The number of nitrogens with zero attached hydrogens (tertiary/aromatic N) is 2. The second-order valence-corrected chi connectivity index (χ2v) is 5.96. The highest BCUT2D eigenvalue weighted by molar-refractivity contribution is 7.17. The molecule has 0 bridgehead atoms. The maximum absolute atomic E-state index is 12.5. The van der Waals surface area contributed by atoms with Crippen molar-refractivity contribution >= 4 is 28.8 Å². The van der Waals surface area contributed by atoms with Gasteiger partial charge in [-0.1, -0.05) is 29.8 Å². The van der Waals surface area contributed by atoms with Crippen molar-refractivity contribution in [1.82, 2.24) is 9.88 Å². The maximum atomic E-state index is 12.5. The normalized spacial score (nSPS) is 10.7. The molecule has 5 nitrogen and oxygen atoms in total. The van der Waals surface area contributed by atoms with Crippen LogP contribution in [0.1, 0.15) is 9.67 Å². The minimum atomic E-state index is -0.165. The number of benzene rings is 1. The number of aromatic nitrogens is 1. The molecular formula is C15H17ClN2O3S. The Morgan fingerprint density at radius 1 is 1.41 bits per heavy atom. The fraction of sp³-hybridized carbons (Fsp3) is 0.333. The standard InChI is InChI=1S/C15H17ClN2O3S/c1-21-9-7-18(6-8-19)15(20)13-10-17-14(22-13)11-4-2-3-5-12(11)16/h2-5,10,19H,6-9H2,1H3. The highest BCUT2D eigenvalue weighted by Crippen LogP contribution is 2.31. The smallest absolute Gasteiger partial charge is 0.265 e. The first-order chi connectivity index (χ1) is 10.7. The van der Waals surface area contributed by atoms with Gasteiger partial charge < -0.3 is 14.7 Å². The second kappa shape index (κ2) is 8.24. The molecule has 1 aromatic heterocycles. The van der Waals surface area contributed by atoms with E-state index in [9.17, 15) is 4.79 Å². The van der Waals surface area contributed by atoms with Gasteiger partial charge in [0.15, 0.2) is 0 Å². The Kier molecular flexibility index (Phi) is 6.33. The Hall–Kier alpha value is -1.47. The number of rotatable bonds is 7. The lowest BCUT2D eigenvalue weighted by Crippen LogP contribution is -2.35. The number of halogens is 1. The molecule has 1 amide bonds. The summed E-state index contributed by atoms with van der Waals surface area (Å²) >= 11 is 7.44. The first kappa shape index (κ1) is 16.9. The van der Waals surface area contributed by atoms with E-state index in [0.717, 1.165) is 5.56 Å². The summed E-state index contributed by atoms with van der Waals surface area (Å²) in [6.45, 7) is 1.02. The number of hydrogen-bond acceptors (Lipinski definition) is 5. The van der Waals surface area contributed by atoms with Gasteiger partial charge in [-0.2, -0.15) is 0 Å². The molecular weight excluding hydrogens is 324 g/mol. The molecule has 1 aromatic carbocycles. The Balaban J connectivity index is 2.19. The molecule has 0 atom stereocenters. The van der Waals surface area contributed by atoms with Crippen LogP contribution >= 0.6 is 22.9 Å². The van der Waals surface area contributed by atoms with Gasteiger partial charge in [0.2, 0.25) is 0 Å². The summed E-state index contributed by atoms with van der Waals surface area (Å²) in [6.07, 6.45) is 1.54. The molecule has 0 unspecified atom stereocenters. The molecule has 7 heteroatoms. The number of aliphatic hydroxyl groups is 1. The number of thiazole rings is 1. The van der Waals surface area contributed by atoms with Crippen molar-refractivity contribution in [2.75, 3.05) is 33.4 Å². The summed E-state index contributed by atoms with van der Waals surface area (Å²) in [5.74, 6) is -0.165. The monoisotopic (exact) mass is 340 g/mol. The molecule has 0 aliphatic heterocycles. The number of methoxy groups -OCH3 is 1. The first-order valence-corrected chi connectivity index (χ1v) is 7.96. The molecule has 0 fully saturated rings. The van der Waals surface area contributed by atoms with Gasteiger partial charge in [0.05, 0.1) is 24.4 Å². The minimum absolute atomic E-state index is 0.0916. The molecule has 0 aliphatic rings. The summed E-state index contributed by atoms with van der Waals surface area (Å²) in [5.41, 5.74) is 0.804. The average Bonchev–Trinajstić information content (AvgIpc) is 3.01. The van der Waals surface area contributed by atoms with Crippen molar-refractivity contribution in [3.05, 3.63) is 40.4 Å². The summed E-state index contributed by atoms with van der Waals surface area (Å²) in [7, 11) is 1.57. The van der Waals surface area contributed by atoms with Crippen LogP contribution in [0.2, 0.25) is 5.02 Å². The summed E-state index contributed by atoms with van der Waals surface area (Å²) in [5, 5.41) is 10.4. The lowest BCUT2D eigenvalue weighted by atomic mass is 10.2. The number of carbonyl (C=O) groups excluding carboxylic acids is 1. The SMILES string of the molecule is COCCN(CCO)C(=O)c1cnc(-c2ccccc2Cl)s1. The van der Waals surface area contributed by atoms with E-state index in [0.29, 0.717) is 28.1 Å². The topological polar surface area (TPSA) is 62.7 Å². The fourth-order valence-corrected chi connectivity index (χ4v) is 3.13. The fourth-order valence-electron chi connectivity index (χ4n) is 1.93. The third kappa shape index (κ3) is 4.04. The van der Waals surface area contributed by atoms with Crippen LogP contribution < -0.4 is 0 Å². The summed E-state index contributed by atoms with van der Waals surface area (Å²) in [6, 6.07) is 7.38. The first-order valence-electron chi connectivity index (χ1n) is 6.77. The number of amides is 1. The Labute approximate surface area is 138 Å². The van der Waals surface area contributed by atoms with Gasteiger partial charge in [0.1, 0.15) is 9.88 Å². The zero-order chi connectivity index (χ0) is 15.9. The zero-order valence-electron chi connectivity index (χ0n) is 12.2. The van der Waals surface area contributed by atoms with E-state index < -0.39 is 0 Å². The largest absolute Gasteiger partial charge is 0.395 e. The minimum Gasteiger partial charge on any atom is -0.395 e. The van der Waals surface area contributed by atoms with Crippen molar-refractivity contribution in [3.8, 4) is 10.6 Å². The maximum Gasteiger partial charge on any atom is 0.265 e. The lowest BCUT2D eigenvalue weighted by Gasteiger charge is -2.20. The second-order valence-electron chi connectivity index (χ2n) is 4.52. The van der Waals surface area contributed by atoms with E-state index in [4.69, 9.17) is 21.4 Å². The Bertz CT molecular complexity index is 633. The van der Waals surface area contributed by atoms with Crippen LogP contribution in [0.25, 0.3) is 10.6 Å². The van der Waals surface area contributed by atoms with Crippen LogP contribution in [0.15, 0.2) is 30.5 Å². The highest BCUT2D eigenvalue weighted by atomic mass is 35.5. The summed E-state index contributed by atoms with van der Waals surface area (Å²) in [4.78, 5) is 18.8. The predicted molar refractivity (Wildman–Crippen MR) is 87.4 cm³/mol. The van der Waals surface area contributed by atoms with Gasteiger partial charge >= 0.3 is 0 Å². The molecule has 0 saturated heterocycles. The molecule has 2 aromatic rings. The van der Waals surface area contributed by atoms with Gasteiger partial charge in [0, 0.05) is 25.8 Å². The van der Waals surface area contributed by atoms with Crippen LogP contribution in [0.4, 0.5) is 0 Å². The molecule has 0 saturated carbocycles. The van der Waals surface area contributed by atoms with E-state index in [-0.39, 0.29) is 19.1 Å². The highest BCUT2D eigenvalue weighted by Gasteiger charge is 2.19. The third-order valence-electron chi connectivity index (χ3n) is 3.04. The molecule has 0 aliphatic carbocycles. The van der Waals surface area contributed by atoms with Gasteiger partial charge in [-0.05, 0) is 6.07 Å².